The Morgan fingerprint density at radius 2 is 1.77 bits per heavy atom. The Labute approximate surface area is 178 Å². The number of aliphatic hydroxyl groups excluding tert-OH is 1. The third-order valence-electron chi connectivity index (χ3n) is 5.70. The Morgan fingerprint density at radius 1 is 1.00 bits per heavy atom. The molecule has 2 aromatic carbocycles. The molecule has 154 valence electrons. The molecule has 6 nitrogen and oxygen atoms in total. The van der Waals surface area contributed by atoms with E-state index in [-0.39, 0.29) is 11.3 Å². The summed E-state index contributed by atoms with van der Waals surface area (Å²) in [4.78, 5) is 30.6. The zero-order chi connectivity index (χ0) is 21.4. The highest BCUT2D eigenvalue weighted by Gasteiger charge is 2.47. The van der Waals surface area contributed by atoms with E-state index in [1.165, 1.54) is 11.2 Å². The average molecular weight is 412 g/mol. The number of fused-ring (bicyclic) bond motifs is 1. The molecule has 0 spiro atoms. The van der Waals surface area contributed by atoms with Gasteiger partial charge in [-0.25, -0.2) is 0 Å². The molecule has 1 saturated heterocycles. The zero-order valence-corrected chi connectivity index (χ0v) is 16.6. The Balaban J connectivity index is 1.53. The number of benzene rings is 2. The van der Waals surface area contributed by atoms with Gasteiger partial charge < -0.3 is 19.4 Å². The standard InChI is InChI=1S/C25H20N2O4/c28-23(16-7-2-1-3-8-16)21-22(20-11-6-14-31-20)27(25(30)24(21)29)13-12-17-15-26-19-10-5-4-9-18(17)19/h1-11,14-15,22,26,28H,12-13H2. The van der Waals surface area contributed by atoms with Crippen molar-refractivity contribution in [2.75, 3.05) is 6.54 Å². The molecule has 31 heavy (non-hydrogen) atoms. The van der Waals surface area contributed by atoms with Gasteiger partial charge in [0.2, 0.25) is 0 Å². The van der Waals surface area contributed by atoms with Gasteiger partial charge in [0.05, 0.1) is 11.8 Å². The summed E-state index contributed by atoms with van der Waals surface area (Å²) in [5.74, 6) is -1.11. The highest BCUT2D eigenvalue weighted by molar-refractivity contribution is 6.46. The second-order valence-electron chi connectivity index (χ2n) is 7.48. The highest BCUT2D eigenvalue weighted by atomic mass is 16.3. The number of ketones is 1. The number of H-pyrrole nitrogens is 1. The summed E-state index contributed by atoms with van der Waals surface area (Å²) < 4.78 is 5.57. The molecule has 2 N–H and O–H groups in total. The number of amides is 1. The number of rotatable bonds is 5. The van der Waals surface area contributed by atoms with Crippen molar-refractivity contribution < 1.29 is 19.1 Å². The summed E-state index contributed by atoms with van der Waals surface area (Å²) in [5, 5.41) is 12.0. The molecule has 4 aromatic rings. The van der Waals surface area contributed by atoms with E-state index in [1.807, 2.05) is 36.5 Å². The summed E-state index contributed by atoms with van der Waals surface area (Å²) >= 11 is 0. The van der Waals surface area contributed by atoms with Crippen LogP contribution in [0.3, 0.4) is 0 Å². The van der Waals surface area contributed by atoms with Gasteiger partial charge in [0.15, 0.2) is 0 Å². The summed E-state index contributed by atoms with van der Waals surface area (Å²) in [7, 11) is 0. The summed E-state index contributed by atoms with van der Waals surface area (Å²) in [6, 6.07) is 19.3. The second-order valence-corrected chi connectivity index (χ2v) is 7.48. The fraction of sp³-hybridized carbons (Fsp3) is 0.120. The fourth-order valence-electron chi connectivity index (χ4n) is 4.18. The maximum Gasteiger partial charge on any atom is 0.295 e. The predicted octanol–water partition coefficient (Wildman–Crippen LogP) is 4.43. The van der Waals surface area contributed by atoms with Crippen LogP contribution in [0, 0.1) is 0 Å². The Morgan fingerprint density at radius 3 is 2.55 bits per heavy atom. The minimum atomic E-state index is -0.777. The number of Topliss-reactive ketones (excluding diaryl/α,β-unsaturated/α-hetero) is 1. The highest BCUT2D eigenvalue weighted by Crippen LogP contribution is 2.39. The molecule has 3 heterocycles. The molecule has 1 atom stereocenters. The fourth-order valence-corrected chi connectivity index (χ4v) is 4.18. The van der Waals surface area contributed by atoms with Crippen LogP contribution in [0.1, 0.15) is 22.9 Å². The van der Waals surface area contributed by atoms with Crippen LogP contribution in [-0.4, -0.2) is 33.2 Å². The summed E-state index contributed by atoms with van der Waals surface area (Å²) in [6.07, 6.45) is 3.98. The lowest BCUT2D eigenvalue weighted by Crippen LogP contribution is -2.31. The van der Waals surface area contributed by atoms with Crippen molar-refractivity contribution in [3.8, 4) is 0 Å². The van der Waals surface area contributed by atoms with E-state index in [0.717, 1.165) is 16.5 Å². The van der Waals surface area contributed by atoms with Crippen LogP contribution in [0.15, 0.2) is 89.2 Å². The first-order chi connectivity index (χ1) is 15.1. The van der Waals surface area contributed by atoms with Crippen LogP contribution < -0.4 is 0 Å². The van der Waals surface area contributed by atoms with Crippen molar-refractivity contribution in [1.82, 2.24) is 9.88 Å². The monoisotopic (exact) mass is 412 g/mol. The number of hydrogen-bond acceptors (Lipinski definition) is 4. The van der Waals surface area contributed by atoms with E-state index < -0.39 is 17.7 Å². The SMILES string of the molecule is O=C1C(=O)N(CCc2c[nH]c3ccccc23)C(c2ccco2)C1=C(O)c1ccccc1. The molecule has 1 aliphatic rings. The minimum absolute atomic E-state index is 0.0464. The normalized spacial score (nSPS) is 18.2. The Hall–Kier alpha value is -4.06. The van der Waals surface area contributed by atoms with Gasteiger partial charge in [-0.15, -0.1) is 0 Å². The molecule has 2 aromatic heterocycles. The Bertz CT molecular complexity index is 1290. The van der Waals surface area contributed by atoms with Gasteiger partial charge in [-0.2, -0.15) is 0 Å². The van der Waals surface area contributed by atoms with Crippen molar-refractivity contribution in [2.45, 2.75) is 12.5 Å². The smallest absolute Gasteiger partial charge is 0.295 e. The Kier molecular flexibility index (Phi) is 4.67. The lowest BCUT2D eigenvalue weighted by molar-refractivity contribution is -0.140. The number of nitrogens with zero attached hydrogens (tertiary/aromatic N) is 1. The van der Waals surface area contributed by atoms with Crippen LogP contribution in [0.5, 0.6) is 0 Å². The number of hydrogen-bond donors (Lipinski definition) is 2. The van der Waals surface area contributed by atoms with Gasteiger partial charge in [-0.1, -0.05) is 48.5 Å². The quantitative estimate of drug-likeness (QED) is 0.289. The van der Waals surface area contributed by atoms with E-state index in [0.29, 0.717) is 24.3 Å². The number of aromatic amines is 1. The predicted molar refractivity (Wildman–Crippen MR) is 116 cm³/mol. The van der Waals surface area contributed by atoms with E-state index in [9.17, 15) is 14.7 Å². The molecule has 0 aliphatic carbocycles. The van der Waals surface area contributed by atoms with Gasteiger partial charge in [0.1, 0.15) is 17.6 Å². The first-order valence-electron chi connectivity index (χ1n) is 10.1. The lowest BCUT2D eigenvalue weighted by atomic mass is 9.99. The molecule has 0 bridgehead atoms. The molecule has 1 amide bonds. The number of aliphatic hydroxyl groups is 1. The molecule has 6 heteroatoms. The number of likely N-dealkylation sites (tertiary alicyclic amines) is 1. The van der Waals surface area contributed by atoms with Crippen molar-refractivity contribution in [1.29, 1.82) is 0 Å². The van der Waals surface area contributed by atoms with Crippen LogP contribution in [-0.2, 0) is 16.0 Å². The molecule has 1 fully saturated rings. The van der Waals surface area contributed by atoms with Crippen LogP contribution in [0.25, 0.3) is 16.7 Å². The van der Waals surface area contributed by atoms with E-state index in [4.69, 9.17) is 4.42 Å². The molecule has 1 unspecified atom stereocenters. The molecular formula is C25H20N2O4. The van der Waals surface area contributed by atoms with Crippen molar-refractivity contribution >= 4 is 28.4 Å². The third kappa shape index (κ3) is 3.22. The molecule has 0 saturated carbocycles. The van der Waals surface area contributed by atoms with Crippen LogP contribution in [0.4, 0.5) is 0 Å². The molecular weight excluding hydrogens is 392 g/mol. The topological polar surface area (TPSA) is 86.5 Å². The number of carbonyl (C=O) groups is 2. The van der Waals surface area contributed by atoms with E-state index >= 15 is 0 Å². The zero-order valence-electron chi connectivity index (χ0n) is 16.6. The lowest BCUT2D eigenvalue weighted by Gasteiger charge is -2.23. The molecule has 0 radical (unpaired) electrons. The van der Waals surface area contributed by atoms with E-state index in [1.54, 1.807) is 36.4 Å². The van der Waals surface area contributed by atoms with Crippen molar-refractivity contribution in [3.05, 3.63) is 102 Å². The van der Waals surface area contributed by atoms with Crippen LogP contribution >= 0.6 is 0 Å². The van der Waals surface area contributed by atoms with Crippen molar-refractivity contribution in [3.63, 3.8) is 0 Å². The maximum absolute atomic E-state index is 13.0. The van der Waals surface area contributed by atoms with Gasteiger partial charge in [-0.05, 0) is 30.2 Å². The minimum Gasteiger partial charge on any atom is -0.507 e. The largest absolute Gasteiger partial charge is 0.507 e. The summed E-state index contributed by atoms with van der Waals surface area (Å²) in [6.45, 7) is 0.309. The van der Waals surface area contributed by atoms with E-state index in [2.05, 4.69) is 4.98 Å². The van der Waals surface area contributed by atoms with Gasteiger partial charge in [0.25, 0.3) is 11.7 Å². The number of nitrogens with one attached hydrogen (secondary N) is 1. The number of para-hydroxylation sites is 1. The summed E-state index contributed by atoms with van der Waals surface area (Å²) in [5.41, 5.74) is 2.60. The van der Waals surface area contributed by atoms with Gasteiger partial charge >= 0.3 is 0 Å². The number of carbonyl (C=O) groups excluding carboxylic acids is 2. The maximum atomic E-state index is 13.0. The van der Waals surface area contributed by atoms with Crippen LogP contribution in [0.2, 0.25) is 0 Å². The molecule has 5 rings (SSSR count). The molecule has 1 aliphatic heterocycles. The third-order valence-corrected chi connectivity index (χ3v) is 5.70. The second kappa shape index (κ2) is 7.65. The first-order valence-corrected chi connectivity index (χ1v) is 10.1. The first kappa shape index (κ1) is 18.9. The average Bonchev–Trinajstić information content (AvgIpc) is 3.53. The number of furan rings is 1. The number of aromatic nitrogens is 1. The van der Waals surface area contributed by atoms with Gasteiger partial charge in [-0.3, -0.25) is 9.59 Å². The van der Waals surface area contributed by atoms with Crippen molar-refractivity contribution in [2.24, 2.45) is 0 Å². The van der Waals surface area contributed by atoms with Gasteiger partial charge in [0, 0.05) is 29.2 Å².